The fraction of sp³-hybridized carbons (Fsp3) is 0.100. The predicted octanol–water partition coefficient (Wildman–Crippen LogP) is 4.73. The molecule has 3 aromatic carbocycles. The maximum absolute atomic E-state index is 12.4. The minimum atomic E-state index is -3.23. The average Bonchev–Trinajstić information content (AvgIpc) is 2.62. The third kappa shape index (κ3) is 3.88. The van der Waals surface area contributed by atoms with Gasteiger partial charge in [-0.1, -0.05) is 48.5 Å². The summed E-state index contributed by atoms with van der Waals surface area (Å²) >= 11 is 0. The maximum atomic E-state index is 12.4. The van der Waals surface area contributed by atoms with E-state index < -0.39 is 16.7 Å². The molecule has 0 radical (unpaired) electrons. The summed E-state index contributed by atoms with van der Waals surface area (Å²) in [6.45, 7) is -0.877. The van der Waals surface area contributed by atoms with Gasteiger partial charge in [0.25, 0.3) is 0 Å². The Balaban J connectivity index is 2.06. The van der Waals surface area contributed by atoms with E-state index in [-0.39, 0.29) is 4.90 Å². The zero-order valence-corrected chi connectivity index (χ0v) is 14.5. The molecule has 5 heteroatoms. The van der Waals surface area contributed by atoms with E-state index in [0.717, 1.165) is 22.3 Å². The van der Waals surface area contributed by atoms with Crippen LogP contribution in [0.3, 0.4) is 0 Å². The van der Waals surface area contributed by atoms with Crippen LogP contribution in [0.1, 0.15) is 0 Å². The lowest BCUT2D eigenvalue weighted by atomic mass is 9.94. The highest BCUT2D eigenvalue weighted by atomic mass is 32.2. The first kappa shape index (κ1) is 17.2. The normalized spacial score (nSPS) is 11.3. The molecule has 3 rings (SSSR count). The number of alkyl halides is 1. The van der Waals surface area contributed by atoms with Crippen molar-refractivity contribution in [2.24, 2.45) is 0 Å². The Morgan fingerprint density at radius 1 is 0.840 bits per heavy atom. The van der Waals surface area contributed by atoms with Crippen LogP contribution >= 0.6 is 0 Å². The lowest BCUT2D eigenvalue weighted by molar-refractivity contribution is 0.192. The second-order valence-electron chi connectivity index (χ2n) is 5.62. The number of ether oxygens (including phenoxy) is 1. The number of benzene rings is 3. The van der Waals surface area contributed by atoms with Crippen LogP contribution < -0.4 is 4.74 Å². The number of rotatable bonds is 5. The van der Waals surface area contributed by atoms with Gasteiger partial charge in [0, 0.05) is 6.26 Å². The van der Waals surface area contributed by atoms with E-state index in [2.05, 4.69) is 0 Å². The Kier molecular flexibility index (Phi) is 4.86. The summed E-state index contributed by atoms with van der Waals surface area (Å²) in [6.07, 6.45) is 1.19. The monoisotopic (exact) mass is 356 g/mol. The molecule has 0 atom stereocenters. The largest absolute Gasteiger partial charge is 0.463 e. The van der Waals surface area contributed by atoms with Crippen LogP contribution in [0.2, 0.25) is 0 Å². The molecule has 0 aliphatic heterocycles. The molecule has 0 bridgehead atoms. The minimum absolute atomic E-state index is 0.284. The van der Waals surface area contributed by atoms with E-state index in [9.17, 15) is 12.8 Å². The van der Waals surface area contributed by atoms with E-state index in [1.165, 1.54) is 6.26 Å². The molecule has 3 aromatic rings. The molecule has 0 saturated heterocycles. The topological polar surface area (TPSA) is 43.4 Å². The van der Waals surface area contributed by atoms with Gasteiger partial charge in [0.15, 0.2) is 9.84 Å². The molecule has 0 fully saturated rings. The lowest BCUT2D eigenvalue weighted by Crippen LogP contribution is -1.96. The van der Waals surface area contributed by atoms with Crippen LogP contribution in [0.4, 0.5) is 4.39 Å². The number of hydrogen-bond donors (Lipinski definition) is 0. The molecule has 3 nitrogen and oxygen atoms in total. The van der Waals surface area contributed by atoms with Crippen LogP contribution in [0.15, 0.2) is 77.7 Å². The van der Waals surface area contributed by atoms with Gasteiger partial charge >= 0.3 is 0 Å². The quantitative estimate of drug-likeness (QED) is 0.664. The fourth-order valence-electron chi connectivity index (χ4n) is 2.68. The first-order valence-electron chi connectivity index (χ1n) is 7.68. The molecular weight excluding hydrogens is 339 g/mol. The van der Waals surface area contributed by atoms with E-state index in [1.807, 2.05) is 36.4 Å². The second-order valence-corrected chi connectivity index (χ2v) is 7.64. The summed E-state index contributed by atoms with van der Waals surface area (Å²) in [5, 5.41) is 0. The third-order valence-corrected chi connectivity index (χ3v) is 5.02. The molecule has 0 amide bonds. The van der Waals surface area contributed by atoms with Crippen LogP contribution in [0, 0.1) is 0 Å². The zero-order chi connectivity index (χ0) is 17.9. The van der Waals surface area contributed by atoms with Crippen molar-refractivity contribution in [2.75, 3.05) is 13.1 Å². The summed E-state index contributed by atoms with van der Waals surface area (Å²) in [6, 6.07) is 21.8. The second kappa shape index (κ2) is 7.07. The summed E-state index contributed by atoms with van der Waals surface area (Å²) < 4.78 is 40.6. The molecule has 0 unspecified atom stereocenters. The van der Waals surface area contributed by atoms with Crippen LogP contribution in [0.5, 0.6) is 5.75 Å². The third-order valence-electron chi connectivity index (χ3n) is 3.89. The molecular formula is C20H17FO3S. The van der Waals surface area contributed by atoms with E-state index in [0.29, 0.717) is 5.75 Å². The molecule has 0 heterocycles. The van der Waals surface area contributed by atoms with Crippen LogP contribution in [-0.4, -0.2) is 21.5 Å². The van der Waals surface area contributed by atoms with Gasteiger partial charge in [-0.3, -0.25) is 0 Å². The molecule has 0 spiro atoms. The number of halogens is 1. The first-order valence-corrected chi connectivity index (χ1v) is 9.57. The van der Waals surface area contributed by atoms with Crippen molar-refractivity contribution < 1.29 is 17.5 Å². The average molecular weight is 356 g/mol. The Hall–Kier alpha value is -2.66. The van der Waals surface area contributed by atoms with Crippen molar-refractivity contribution in [2.45, 2.75) is 4.90 Å². The minimum Gasteiger partial charge on any atom is -0.463 e. The molecule has 0 aliphatic carbocycles. The van der Waals surface area contributed by atoms with Gasteiger partial charge < -0.3 is 4.74 Å². The van der Waals surface area contributed by atoms with E-state index in [4.69, 9.17) is 4.74 Å². The molecule has 0 saturated carbocycles. The molecule has 128 valence electrons. The van der Waals surface area contributed by atoms with Gasteiger partial charge in [-0.15, -0.1) is 0 Å². The molecule has 0 aromatic heterocycles. The van der Waals surface area contributed by atoms with Gasteiger partial charge in [-0.25, -0.2) is 12.8 Å². The fourth-order valence-corrected chi connectivity index (χ4v) is 3.32. The van der Waals surface area contributed by atoms with Crippen molar-refractivity contribution in [3.8, 4) is 28.0 Å². The highest BCUT2D eigenvalue weighted by Gasteiger charge is 2.10. The summed E-state index contributed by atoms with van der Waals surface area (Å²) in [5.41, 5.74) is 3.72. The lowest BCUT2D eigenvalue weighted by Gasteiger charge is -2.12. The predicted molar refractivity (Wildman–Crippen MR) is 97.0 cm³/mol. The van der Waals surface area contributed by atoms with Gasteiger partial charge in [0.05, 0.1) is 4.90 Å². The molecule has 25 heavy (non-hydrogen) atoms. The van der Waals surface area contributed by atoms with Crippen molar-refractivity contribution in [3.63, 3.8) is 0 Å². The Labute approximate surface area is 146 Å². The SMILES string of the molecule is CS(=O)(=O)c1ccc(-c2ccccc2-c2cccc(OCF)c2)cc1. The van der Waals surface area contributed by atoms with Crippen molar-refractivity contribution in [3.05, 3.63) is 72.8 Å². The Morgan fingerprint density at radius 3 is 2.08 bits per heavy atom. The molecule has 0 N–H and O–H groups in total. The van der Waals surface area contributed by atoms with E-state index in [1.54, 1.807) is 36.4 Å². The van der Waals surface area contributed by atoms with Crippen LogP contribution in [-0.2, 0) is 9.84 Å². The van der Waals surface area contributed by atoms with Crippen molar-refractivity contribution in [1.82, 2.24) is 0 Å². The smallest absolute Gasteiger partial charge is 0.228 e. The highest BCUT2D eigenvalue weighted by Crippen LogP contribution is 2.34. The van der Waals surface area contributed by atoms with Gasteiger partial charge in [-0.2, -0.15) is 0 Å². The maximum Gasteiger partial charge on any atom is 0.228 e. The van der Waals surface area contributed by atoms with Gasteiger partial charge in [0.1, 0.15) is 5.75 Å². The van der Waals surface area contributed by atoms with E-state index >= 15 is 0 Å². The van der Waals surface area contributed by atoms with Crippen LogP contribution in [0.25, 0.3) is 22.3 Å². The Bertz CT molecular complexity index is 980. The Morgan fingerprint density at radius 2 is 1.48 bits per heavy atom. The zero-order valence-electron chi connectivity index (χ0n) is 13.6. The van der Waals surface area contributed by atoms with Crippen molar-refractivity contribution in [1.29, 1.82) is 0 Å². The van der Waals surface area contributed by atoms with Gasteiger partial charge in [0.2, 0.25) is 6.86 Å². The first-order chi connectivity index (χ1) is 12.0. The summed E-state index contributed by atoms with van der Waals surface area (Å²) in [5.74, 6) is 0.460. The van der Waals surface area contributed by atoms with Crippen molar-refractivity contribution >= 4 is 9.84 Å². The summed E-state index contributed by atoms with van der Waals surface area (Å²) in [7, 11) is -3.23. The summed E-state index contributed by atoms with van der Waals surface area (Å²) in [4.78, 5) is 0.284. The number of hydrogen-bond acceptors (Lipinski definition) is 3. The highest BCUT2D eigenvalue weighted by molar-refractivity contribution is 7.90. The molecule has 0 aliphatic rings. The number of sulfone groups is 1. The van der Waals surface area contributed by atoms with Gasteiger partial charge in [-0.05, 0) is 46.5 Å². The standard InChI is InChI=1S/C20H17FO3S/c1-25(22,23)18-11-9-15(10-12-18)19-7-2-3-8-20(19)16-5-4-6-17(13-16)24-14-21/h2-13H,14H2,1H3.